The molecule has 0 amide bonds. The molecular formula is C53H100O6. The third kappa shape index (κ3) is 47.1. The molecule has 0 saturated heterocycles. The highest BCUT2D eigenvalue weighted by molar-refractivity contribution is 5.71. The van der Waals surface area contributed by atoms with Crippen molar-refractivity contribution in [3.05, 3.63) is 12.2 Å². The maximum atomic E-state index is 12.8. The van der Waals surface area contributed by atoms with Gasteiger partial charge in [-0.2, -0.15) is 0 Å². The summed E-state index contributed by atoms with van der Waals surface area (Å²) in [6.45, 7) is 6.64. The summed E-state index contributed by atoms with van der Waals surface area (Å²) in [4.78, 5) is 37.9. The number of hydrogen-bond donors (Lipinski definition) is 0. The second-order valence-corrected chi connectivity index (χ2v) is 17.8. The molecule has 0 aromatic carbocycles. The molecule has 0 fully saturated rings. The van der Waals surface area contributed by atoms with Crippen molar-refractivity contribution in [2.45, 2.75) is 297 Å². The van der Waals surface area contributed by atoms with Crippen LogP contribution in [0.1, 0.15) is 290 Å². The van der Waals surface area contributed by atoms with Gasteiger partial charge in [-0.25, -0.2) is 0 Å². The van der Waals surface area contributed by atoms with Crippen LogP contribution in [0.4, 0.5) is 0 Å². The van der Waals surface area contributed by atoms with Crippen LogP contribution in [-0.4, -0.2) is 37.2 Å². The molecule has 348 valence electrons. The summed E-state index contributed by atoms with van der Waals surface area (Å²) in [5, 5.41) is 0. The zero-order valence-corrected chi connectivity index (χ0v) is 39.8. The predicted octanol–water partition coefficient (Wildman–Crippen LogP) is 17.0. The summed E-state index contributed by atoms with van der Waals surface area (Å²) in [7, 11) is 0. The Labute approximate surface area is 367 Å². The molecule has 0 aliphatic rings. The molecule has 1 unspecified atom stereocenters. The molecule has 1 atom stereocenters. The first-order valence-corrected chi connectivity index (χ1v) is 26.2. The number of allylic oxidation sites excluding steroid dienone is 2. The Morgan fingerprint density at radius 2 is 0.559 bits per heavy atom. The van der Waals surface area contributed by atoms with Crippen LogP contribution in [0.15, 0.2) is 12.2 Å². The van der Waals surface area contributed by atoms with E-state index in [0.29, 0.717) is 19.3 Å². The Bertz CT molecular complexity index is 916. The molecule has 0 aliphatic carbocycles. The molecule has 59 heavy (non-hydrogen) atoms. The van der Waals surface area contributed by atoms with Crippen molar-refractivity contribution >= 4 is 17.9 Å². The lowest BCUT2D eigenvalue weighted by molar-refractivity contribution is -0.167. The molecule has 6 heteroatoms. The fraction of sp³-hybridized carbons (Fsp3) is 0.906. The number of ether oxygens (including phenoxy) is 3. The molecule has 0 radical (unpaired) electrons. The molecule has 0 bridgehead atoms. The first-order chi connectivity index (χ1) is 29.0. The standard InChI is InChI=1S/C53H100O6/c1-4-7-10-13-16-19-21-23-25-26-28-29-31-34-37-40-43-46-52(55)58-49-50(48-57-51(54)45-42-39-36-33-18-15-12-9-6-3)59-53(56)47-44-41-38-35-32-30-27-24-22-20-17-14-11-8-5-2/h20,22,50H,4-19,21,23-49H2,1-3H3/b22-20-. The average molecular weight is 833 g/mol. The van der Waals surface area contributed by atoms with E-state index in [9.17, 15) is 14.4 Å². The van der Waals surface area contributed by atoms with Gasteiger partial charge in [-0.3, -0.25) is 14.4 Å². The summed E-state index contributed by atoms with van der Waals surface area (Å²) in [6, 6.07) is 0. The zero-order chi connectivity index (χ0) is 43.0. The summed E-state index contributed by atoms with van der Waals surface area (Å²) in [5.74, 6) is -0.857. The molecule has 0 aliphatic heterocycles. The fourth-order valence-corrected chi connectivity index (χ4v) is 7.79. The van der Waals surface area contributed by atoms with E-state index in [1.165, 1.54) is 193 Å². The van der Waals surface area contributed by atoms with Crippen LogP contribution in [0.25, 0.3) is 0 Å². The van der Waals surface area contributed by atoms with E-state index in [1.807, 2.05) is 0 Å². The highest BCUT2D eigenvalue weighted by Crippen LogP contribution is 2.16. The minimum Gasteiger partial charge on any atom is -0.462 e. The monoisotopic (exact) mass is 833 g/mol. The van der Waals surface area contributed by atoms with Crippen LogP contribution < -0.4 is 0 Å². The largest absolute Gasteiger partial charge is 0.462 e. The van der Waals surface area contributed by atoms with Gasteiger partial charge in [0.1, 0.15) is 13.2 Å². The van der Waals surface area contributed by atoms with Gasteiger partial charge in [-0.1, -0.05) is 238 Å². The van der Waals surface area contributed by atoms with Crippen molar-refractivity contribution in [3.8, 4) is 0 Å². The van der Waals surface area contributed by atoms with Crippen molar-refractivity contribution in [2.24, 2.45) is 0 Å². The van der Waals surface area contributed by atoms with Gasteiger partial charge in [0.25, 0.3) is 0 Å². The van der Waals surface area contributed by atoms with Gasteiger partial charge in [0, 0.05) is 19.3 Å². The van der Waals surface area contributed by atoms with E-state index in [2.05, 4.69) is 32.9 Å². The SMILES string of the molecule is CCCCCC/C=C\CCCCCCCCCC(=O)OC(COC(=O)CCCCCCCCCCC)COC(=O)CCCCCCCCCCCCCCCCCCC. The number of esters is 3. The van der Waals surface area contributed by atoms with Crippen molar-refractivity contribution in [2.75, 3.05) is 13.2 Å². The summed E-state index contributed by atoms with van der Waals surface area (Å²) < 4.78 is 16.8. The number of carbonyl (C=O) groups excluding carboxylic acids is 3. The van der Waals surface area contributed by atoms with Gasteiger partial charge in [0.15, 0.2) is 6.10 Å². The van der Waals surface area contributed by atoms with E-state index in [-0.39, 0.29) is 31.1 Å². The highest BCUT2D eigenvalue weighted by atomic mass is 16.6. The Morgan fingerprint density at radius 3 is 0.864 bits per heavy atom. The first-order valence-electron chi connectivity index (χ1n) is 26.2. The number of rotatable bonds is 48. The molecule has 0 aromatic rings. The number of hydrogen-bond acceptors (Lipinski definition) is 6. The number of carbonyl (C=O) groups is 3. The van der Waals surface area contributed by atoms with Crippen LogP contribution >= 0.6 is 0 Å². The predicted molar refractivity (Wildman–Crippen MR) is 252 cm³/mol. The molecule has 0 aromatic heterocycles. The molecule has 6 nitrogen and oxygen atoms in total. The van der Waals surface area contributed by atoms with Gasteiger partial charge in [0.05, 0.1) is 0 Å². The fourth-order valence-electron chi connectivity index (χ4n) is 7.79. The number of unbranched alkanes of at least 4 members (excludes halogenated alkanes) is 35. The van der Waals surface area contributed by atoms with Gasteiger partial charge in [-0.15, -0.1) is 0 Å². The summed E-state index contributed by atoms with van der Waals surface area (Å²) in [5.41, 5.74) is 0. The molecule has 0 N–H and O–H groups in total. The quantitative estimate of drug-likeness (QED) is 0.0263. The van der Waals surface area contributed by atoms with Crippen molar-refractivity contribution in [1.82, 2.24) is 0 Å². The van der Waals surface area contributed by atoms with Gasteiger partial charge >= 0.3 is 17.9 Å². The lowest BCUT2D eigenvalue weighted by Gasteiger charge is -2.18. The van der Waals surface area contributed by atoms with Crippen LogP contribution in [0.5, 0.6) is 0 Å². The molecular weight excluding hydrogens is 733 g/mol. The van der Waals surface area contributed by atoms with E-state index in [4.69, 9.17) is 14.2 Å². The smallest absolute Gasteiger partial charge is 0.306 e. The van der Waals surface area contributed by atoms with E-state index in [0.717, 1.165) is 57.8 Å². The maximum absolute atomic E-state index is 12.8. The van der Waals surface area contributed by atoms with Gasteiger partial charge in [0.2, 0.25) is 0 Å². The molecule has 0 saturated carbocycles. The second kappa shape index (κ2) is 48.8. The average Bonchev–Trinajstić information content (AvgIpc) is 3.23. The van der Waals surface area contributed by atoms with E-state index >= 15 is 0 Å². The normalized spacial score (nSPS) is 12.0. The highest BCUT2D eigenvalue weighted by Gasteiger charge is 2.19. The topological polar surface area (TPSA) is 78.9 Å². The minimum atomic E-state index is -0.764. The second-order valence-electron chi connectivity index (χ2n) is 17.8. The van der Waals surface area contributed by atoms with Crippen molar-refractivity contribution < 1.29 is 28.6 Å². The van der Waals surface area contributed by atoms with E-state index in [1.54, 1.807) is 0 Å². The third-order valence-electron chi connectivity index (χ3n) is 11.8. The van der Waals surface area contributed by atoms with Crippen molar-refractivity contribution in [1.29, 1.82) is 0 Å². The summed E-state index contributed by atoms with van der Waals surface area (Å²) >= 11 is 0. The van der Waals surface area contributed by atoms with Crippen LogP contribution in [0.3, 0.4) is 0 Å². The minimum absolute atomic E-state index is 0.0666. The third-order valence-corrected chi connectivity index (χ3v) is 11.8. The maximum Gasteiger partial charge on any atom is 0.306 e. The zero-order valence-electron chi connectivity index (χ0n) is 39.8. The Balaban J connectivity index is 4.26. The molecule has 0 spiro atoms. The summed E-state index contributed by atoms with van der Waals surface area (Å²) in [6.07, 6.45) is 53.4. The van der Waals surface area contributed by atoms with Crippen LogP contribution in [-0.2, 0) is 28.6 Å². The van der Waals surface area contributed by atoms with E-state index < -0.39 is 6.10 Å². The first kappa shape index (κ1) is 57.1. The van der Waals surface area contributed by atoms with Crippen LogP contribution in [0, 0.1) is 0 Å². The molecule has 0 rings (SSSR count). The molecule has 0 heterocycles. The Morgan fingerprint density at radius 1 is 0.322 bits per heavy atom. The lowest BCUT2D eigenvalue weighted by Crippen LogP contribution is -2.30. The Kier molecular flexibility index (Phi) is 47.3. The van der Waals surface area contributed by atoms with Gasteiger partial charge < -0.3 is 14.2 Å². The van der Waals surface area contributed by atoms with Crippen molar-refractivity contribution in [3.63, 3.8) is 0 Å². The van der Waals surface area contributed by atoms with Gasteiger partial charge in [-0.05, 0) is 44.9 Å². The Hall–Kier alpha value is -1.85. The lowest BCUT2D eigenvalue weighted by atomic mass is 10.0. The van der Waals surface area contributed by atoms with Crippen LogP contribution in [0.2, 0.25) is 0 Å².